The standard InChI is InChI=1S/C21H20F6N2O3S/c22-20(23,24)16-3-1-13(2-4-16)9-18-11-28-5-6-29(18)19(30)15-7-14(12-33(31)32)8-17(10-15)21(25,26)27/h1-4,7-8,10,18,28H,5-6,9,11-12H2,(H,31,32)/t18-/m1/s1. The first-order valence-corrected chi connectivity index (χ1v) is 11.1. The Balaban J connectivity index is 1.87. The van der Waals surface area contributed by atoms with Crippen molar-refractivity contribution in [1.29, 1.82) is 0 Å². The van der Waals surface area contributed by atoms with Gasteiger partial charge in [-0.05, 0) is 47.9 Å². The highest BCUT2D eigenvalue weighted by molar-refractivity contribution is 7.78. The zero-order valence-electron chi connectivity index (χ0n) is 17.0. The highest BCUT2D eigenvalue weighted by Crippen LogP contribution is 2.32. The fourth-order valence-corrected chi connectivity index (χ4v) is 4.14. The lowest BCUT2D eigenvalue weighted by Gasteiger charge is -2.36. The van der Waals surface area contributed by atoms with Crippen molar-refractivity contribution in [3.63, 3.8) is 0 Å². The molecule has 180 valence electrons. The number of rotatable bonds is 5. The average Bonchev–Trinajstić information content (AvgIpc) is 2.72. The second-order valence-corrected chi connectivity index (χ2v) is 8.57. The van der Waals surface area contributed by atoms with Gasteiger partial charge in [0.1, 0.15) is 0 Å². The summed E-state index contributed by atoms with van der Waals surface area (Å²) < 4.78 is 98.5. The van der Waals surface area contributed by atoms with Crippen LogP contribution in [0.25, 0.3) is 0 Å². The Morgan fingerprint density at radius 2 is 1.64 bits per heavy atom. The van der Waals surface area contributed by atoms with E-state index in [4.69, 9.17) is 4.55 Å². The van der Waals surface area contributed by atoms with Gasteiger partial charge < -0.3 is 14.8 Å². The highest BCUT2D eigenvalue weighted by atomic mass is 32.2. The third kappa shape index (κ3) is 6.55. The number of carbonyl (C=O) groups is 1. The Morgan fingerprint density at radius 1 is 1.00 bits per heavy atom. The summed E-state index contributed by atoms with van der Waals surface area (Å²) in [5, 5.41) is 3.07. The molecule has 1 heterocycles. The zero-order chi connectivity index (χ0) is 24.4. The van der Waals surface area contributed by atoms with E-state index in [2.05, 4.69) is 5.32 Å². The normalized spacial score (nSPS) is 18.3. The molecule has 1 amide bonds. The number of amides is 1. The minimum absolute atomic E-state index is 0.108. The number of hydrogen-bond donors (Lipinski definition) is 2. The number of nitrogens with one attached hydrogen (secondary N) is 1. The van der Waals surface area contributed by atoms with E-state index < -0.39 is 52.3 Å². The van der Waals surface area contributed by atoms with Crippen molar-refractivity contribution in [2.75, 3.05) is 19.6 Å². The molecule has 2 N–H and O–H groups in total. The largest absolute Gasteiger partial charge is 0.416 e. The van der Waals surface area contributed by atoms with Crippen molar-refractivity contribution in [3.8, 4) is 0 Å². The van der Waals surface area contributed by atoms with Crippen LogP contribution in [0.2, 0.25) is 0 Å². The fraction of sp³-hybridized carbons (Fsp3) is 0.381. The minimum atomic E-state index is -4.76. The van der Waals surface area contributed by atoms with E-state index in [1.165, 1.54) is 17.0 Å². The second kappa shape index (κ2) is 9.82. The Labute approximate surface area is 188 Å². The smallest absolute Gasteiger partial charge is 0.333 e. The second-order valence-electron chi connectivity index (χ2n) is 7.64. The Kier molecular flexibility index (Phi) is 7.49. The van der Waals surface area contributed by atoms with Crippen molar-refractivity contribution in [3.05, 3.63) is 70.3 Å². The molecule has 1 aliphatic rings. The van der Waals surface area contributed by atoms with E-state index >= 15 is 0 Å². The van der Waals surface area contributed by atoms with Gasteiger partial charge in [0, 0.05) is 31.2 Å². The molecular weight excluding hydrogens is 474 g/mol. The molecule has 1 saturated heterocycles. The molecule has 0 spiro atoms. The van der Waals surface area contributed by atoms with Gasteiger partial charge in [-0.25, -0.2) is 4.21 Å². The van der Waals surface area contributed by atoms with Crippen LogP contribution in [-0.4, -0.2) is 45.2 Å². The third-order valence-corrected chi connectivity index (χ3v) is 5.80. The first-order chi connectivity index (χ1) is 15.3. The van der Waals surface area contributed by atoms with Crippen LogP contribution < -0.4 is 5.32 Å². The van der Waals surface area contributed by atoms with Gasteiger partial charge in [0.2, 0.25) is 0 Å². The number of hydrogen-bond acceptors (Lipinski definition) is 3. The Bertz CT molecular complexity index is 1020. The van der Waals surface area contributed by atoms with Gasteiger partial charge in [-0.2, -0.15) is 26.3 Å². The van der Waals surface area contributed by atoms with E-state index in [1.54, 1.807) is 0 Å². The van der Waals surface area contributed by atoms with Gasteiger partial charge in [-0.15, -0.1) is 0 Å². The Morgan fingerprint density at radius 3 is 2.21 bits per heavy atom. The molecule has 5 nitrogen and oxygen atoms in total. The first-order valence-electron chi connectivity index (χ1n) is 9.81. The van der Waals surface area contributed by atoms with Crippen LogP contribution in [0.15, 0.2) is 42.5 Å². The van der Waals surface area contributed by atoms with E-state index in [-0.39, 0.29) is 24.1 Å². The molecule has 33 heavy (non-hydrogen) atoms. The maximum atomic E-state index is 13.3. The summed E-state index contributed by atoms with van der Waals surface area (Å²) in [6.45, 7) is 0.878. The molecule has 0 bridgehead atoms. The number of halogens is 6. The summed E-state index contributed by atoms with van der Waals surface area (Å²) in [6, 6.07) is 6.55. The van der Waals surface area contributed by atoms with Crippen LogP contribution in [0.5, 0.6) is 0 Å². The molecule has 0 saturated carbocycles. The number of benzene rings is 2. The summed E-state index contributed by atoms with van der Waals surface area (Å²) in [6.07, 6.45) is -9.04. The maximum absolute atomic E-state index is 13.3. The SMILES string of the molecule is O=C(c1cc(CS(=O)O)cc(C(F)(F)F)c1)N1CCNC[C@H]1Cc1ccc(C(F)(F)F)cc1. The quantitative estimate of drug-likeness (QED) is 0.485. The first kappa shape index (κ1) is 25.2. The molecule has 1 fully saturated rings. The van der Waals surface area contributed by atoms with Crippen LogP contribution in [0.3, 0.4) is 0 Å². The molecule has 0 aromatic heterocycles. The number of nitrogens with zero attached hydrogens (tertiary/aromatic N) is 1. The van der Waals surface area contributed by atoms with Gasteiger partial charge in [-0.3, -0.25) is 4.79 Å². The zero-order valence-corrected chi connectivity index (χ0v) is 17.9. The van der Waals surface area contributed by atoms with Gasteiger partial charge in [0.15, 0.2) is 11.1 Å². The minimum Gasteiger partial charge on any atom is -0.333 e. The average molecular weight is 494 g/mol. The molecule has 2 atom stereocenters. The van der Waals surface area contributed by atoms with Gasteiger partial charge in [0.25, 0.3) is 5.91 Å². The summed E-state index contributed by atoms with van der Waals surface area (Å²) >= 11 is -2.40. The predicted octanol–water partition coefficient (Wildman–Crippen LogP) is 4.10. The maximum Gasteiger partial charge on any atom is 0.416 e. The van der Waals surface area contributed by atoms with Gasteiger partial charge in [-0.1, -0.05) is 12.1 Å². The summed E-state index contributed by atoms with van der Waals surface area (Å²) in [4.78, 5) is 14.5. The van der Waals surface area contributed by atoms with Crippen molar-refractivity contribution in [2.24, 2.45) is 0 Å². The van der Waals surface area contributed by atoms with Crippen molar-refractivity contribution < 1.29 is 39.9 Å². The molecule has 12 heteroatoms. The van der Waals surface area contributed by atoms with E-state index in [1.807, 2.05) is 0 Å². The molecule has 1 unspecified atom stereocenters. The van der Waals surface area contributed by atoms with Crippen molar-refractivity contribution in [1.82, 2.24) is 10.2 Å². The van der Waals surface area contributed by atoms with Crippen molar-refractivity contribution >= 4 is 17.0 Å². The monoisotopic (exact) mass is 494 g/mol. The summed E-state index contributed by atoms with van der Waals surface area (Å²) in [7, 11) is 0. The number of piperazine rings is 1. The molecule has 1 aliphatic heterocycles. The van der Waals surface area contributed by atoms with E-state index in [0.717, 1.165) is 24.3 Å². The Hall–Kier alpha value is -2.44. The van der Waals surface area contributed by atoms with Crippen LogP contribution in [-0.2, 0) is 35.6 Å². The molecule has 3 rings (SSSR count). The molecule has 0 radical (unpaired) electrons. The lowest BCUT2D eigenvalue weighted by atomic mass is 9.99. The van der Waals surface area contributed by atoms with Crippen LogP contribution in [0.4, 0.5) is 26.3 Å². The molecule has 0 aliphatic carbocycles. The summed E-state index contributed by atoms with van der Waals surface area (Å²) in [5.74, 6) is -1.26. The number of alkyl halides is 6. The highest BCUT2D eigenvalue weighted by Gasteiger charge is 2.34. The fourth-order valence-electron chi connectivity index (χ4n) is 3.68. The molecule has 2 aromatic rings. The van der Waals surface area contributed by atoms with Gasteiger partial charge in [0.05, 0.1) is 16.9 Å². The molecular formula is C21H20F6N2O3S. The van der Waals surface area contributed by atoms with Crippen molar-refractivity contribution in [2.45, 2.75) is 30.6 Å². The summed E-state index contributed by atoms with van der Waals surface area (Å²) in [5.41, 5.74) is -1.76. The molecule has 2 aromatic carbocycles. The predicted molar refractivity (Wildman–Crippen MR) is 109 cm³/mol. The van der Waals surface area contributed by atoms with E-state index in [0.29, 0.717) is 24.7 Å². The van der Waals surface area contributed by atoms with E-state index in [9.17, 15) is 35.3 Å². The van der Waals surface area contributed by atoms with Crippen LogP contribution in [0.1, 0.15) is 32.6 Å². The number of carbonyl (C=O) groups excluding carboxylic acids is 1. The lowest BCUT2D eigenvalue weighted by molar-refractivity contribution is -0.138. The topological polar surface area (TPSA) is 69.6 Å². The van der Waals surface area contributed by atoms with Gasteiger partial charge >= 0.3 is 12.4 Å². The van der Waals surface area contributed by atoms with Crippen LogP contribution in [0, 0.1) is 0 Å². The lowest BCUT2D eigenvalue weighted by Crippen LogP contribution is -2.54. The van der Waals surface area contributed by atoms with Crippen LogP contribution >= 0.6 is 0 Å². The third-order valence-electron chi connectivity index (χ3n) is 5.22.